The summed E-state index contributed by atoms with van der Waals surface area (Å²) in [5, 5.41) is 7.44. The summed E-state index contributed by atoms with van der Waals surface area (Å²) in [5.74, 6) is -2.17. The van der Waals surface area contributed by atoms with E-state index in [9.17, 15) is 0 Å². The average Bonchev–Trinajstić information content (AvgIpc) is 1.72. The predicted octanol–water partition coefficient (Wildman–Crippen LogP) is 13.7. The number of rotatable bonds is 18. The zero-order valence-corrected chi connectivity index (χ0v) is 63.0. The van der Waals surface area contributed by atoms with E-state index < -0.39 is 11.6 Å². The lowest BCUT2D eigenvalue weighted by atomic mass is 9.98. The van der Waals surface area contributed by atoms with E-state index in [1.54, 1.807) is 74.1 Å². The highest BCUT2D eigenvalue weighted by Gasteiger charge is 2.27. The summed E-state index contributed by atoms with van der Waals surface area (Å²) in [5.41, 5.74) is 6.91. The van der Waals surface area contributed by atoms with E-state index in [1.165, 1.54) is 59.6 Å². The van der Waals surface area contributed by atoms with Crippen LogP contribution in [0.1, 0.15) is 104 Å². The van der Waals surface area contributed by atoms with Crippen molar-refractivity contribution < 1.29 is 26.3 Å². The Bertz CT molecular complexity index is 6170. The fourth-order valence-corrected chi connectivity index (χ4v) is 19.9. The zero-order valence-electron chi connectivity index (χ0n) is 58.1. The van der Waals surface area contributed by atoms with Gasteiger partial charge in [0, 0.05) is 111 Å². The van der Waals surface area contributed by atoms with Crippen LogP contribution in [0.5, 0.6) is 0 Å². The van der Waals surface area contributed by atoms with Crippen molar-refractivity contribution >= 4 is 68.0 Å². The SMILES string of the molecule is CCc1ccc(-c2c(F)cc(Cc3cc(F)c(-c4ccc(CC)s4)c4c3=NCN=4)c3c2=NCN=3)s1.CCc1ccc(-c2cc(F)c(Cc3c(F)cc(-c4ccc(CC)s4)c4c3=NCN=4)c3c2=NCN=3)s1.CCc1ccc(-c2cc(F)c(Cc3cc(F)c(-c4ccc(CC)s4)c4c3=NCN=4)c3c2=NCN=3)s1. The van der Waals surface area contributed by atoms with E-state index >= 15 is 26.3 Å². The van der Waals surface area contributed by atoms with E-state index in [1.807, 2.05) is 54.6 Å². The standard InChI is InChI=1S/3C27H22F2N4S2/c1-3-16-5-7-20(34-16)22-18(28)10-14(24-26(22)32-12-30-24)9-15-11-19(29)23(27-25(15)31-13-33-27)21-8-6-17(4-2)35-21;1-3-15-5-7-21(34-15)18-11-19(28)17(25-26(18)32-13-31-25)9-14-10-20(29)23(27-24(14)30-12-33-27)22-8-6-16(4-2)35-22;1-3-14-5-7-22(34-14)18-10-20(28)16(24-26(18)32-12-30-24)9-17-21(29)11-19(27-25(17)31-13-33-27)23-8-6-15(4-2)35-23/h3*5-8,10-11H,3-4,9,12-13H2,1-2H3. The van der Waals surface area contributed by atoms with Crippen LogP contribution >= 0.6 is 68.0 Å². The number of hydrogen-bond donors (Lipinski definition) is 0. The Morgan fingerprint density at radius 3 is 0.743 bits per heavy atom. The summed E-state index contributed by atoms with van der Waals surface area (Å²) in [7, 11) is 0. The van der Waals surface area contributed by atoms with Crippen molar-refractivity contribution in [3.8, 4) is 62.6 Å². The molecule has 528 valence electrons. The first-order valence-corrected chi connectivity index (χ1v) is 39.9. The molecule has 0 amide bonds. The van der Waals surface area contributed by atoms with E-state index in [4.69, 9.17) is 0 Å². The first-order valence-electron chi connectivity index (χ1n) is 35.0. The molecule has 105 heavy (non-hydrogen) atoms. The number of halogens is 6. The van der Waals surface area contributed by atoms with Gasteiger partial charge in [0.1, 0.15) is 74.9 Å². The third-order valence-electron chi connectivity index (χ3n) is 19.3. The smallest absolute Gasteiger partial charge is 0.134 e. The summed E-state index contributed by atoms with van der Waals surface area (Å²) < 4.78 is 93.1. The molecule has 0 unspecified atom stereocenters. The second kappa shape index (κ2) is 29.6. The van der Waals surface area contributed by atoms with Crippen molar-refractivity contribution in [2.75, 3.05) is 40.0 Å². The first kappa shape index (κ1) is 70.0. The van der Waals surface area contributed by atoms with Crippen molar-refractivity contribution in [1.82, 2.24) is 0 Å². The van der Waals surface area contributed by atoms with Crippen molar-refractivity contribution in [2.24, 2.45) is 59.9 Å². The van der Waals surface area contributed by atoms with Crippen LogP contribution in [-0.4, -0.2) is 40.0 Å². The second-order valence-electron chi connectivity index (χ2n) is 25.5. The minimum absolute atomic E-state index is 0.0518. The Morgan fingerprint density at radius 2 is 0.467 bits per heavy atom. The van der Waals surface area contributed by atoms with Crippen LogP contribution < -0.4 is 64.3 Å². The van der Waals surface area contributed by atoms with Crippen LogP contribution in [0.25, 0.3) is 62.6 Å². The third kappa shape index (κ3) is 13.2. The number of fused-ring (bicyclic) bond motifs is 6. The van der Waals surface area contributed by atoms with Gasteiger partial charge in [0.15, 0.2) is 0 Å². The maximum Gasteiger partial charge on any atom is 0.134 e. The lowest BCUT2D eigenvalue weighted by molar-refractivity contribution is 0.594. The number of nitrogens with zero attached hydrogens (tertiary/aromatic N) is 12. The maximum absolute atomic E-state index is 15.6. The molecule has 0 fully saturated rings. The van der Waals surface area contributed by atoms with Crippen LogP contribution in [0.3, 0.4) is 0 Å². The average molecular weight is 1510 g/mol. The predicted molar refractivity (Wildman–Crippen MR) is 406 cm³/mol. The highest BCUT2D eigenvalue weighted by molar-refractivity contribution is 7.17. The van der Waals surface area contributed by atoms with Crippen molar-refractivity contribution in [3.05, 3.63) is 271 Å². The second-order valence-corrected chi connectivity index (χ2v) is 32.5. The molecule has 6 aromatic carbocycles. The molecule has 0 saturated carbocycles. The molecule has 6 aliphatic heterocycles. The molecule has 12 heterocycles. The van der Waals surface area contributed by atoms with Gasteiger partial charge in [-0.25, -0.2) is 26.3 Å². The number of thiophene rings is 6. The fourth-order valence-electron chi connectivity index (χ4n) is 14.1. The Balaban J connectivity index is 0.000000121. The van der Waals surface area contributed by atoms with Crippen LogP contribution in [-0.2, 0) is 57.8 Å². The molecule has 0 saturated heterocycles. The van der Waals surface area contributed by atoms with Gasteiger partial charge in [-0.05, 0) is 164 Å². The molecule has 12 nitrogen and oxygen atoms in total. The molecule has 0 aliphatic carbocycles. The van der Waals surface area contributed by atoms with Gasteiger partial charge in [0.05, 0.1) is 81.0 Å². The number of benzene rings is 6. The van der Waals surface area contributed by atoms with E-state index in [-0.39, 0.29) is 76.1 Å². The molecule has 0 spiro atoms. The summed E-state index contributed by atoms with van der Waals surface area (Å²) >= 11 is 9.65. The minimum atomic E-state index is -0.399. The van der Waals surface area contributed by atoms with Crippen LogP contribution in [0, 0.1) is 34.9 Å². The lowest BCUT2D eigenvalue weighted by Gasteiger charge is -2.09. The molecular formula is C81H66F6N12S6. The summed E-state index contributed by atoms with van der Waals surface area (Å²) in [6.45, 7) is 14.1. The van der Waals surface area contributed by atoms with Crippen molar-refractivity contribution in [3.63, 3.8) is 0 Å². The van der Waals surface area contributed by atoms with Gasteiger partial charge >= 0.3 is 0 Å². The van der Waals surface area contributed by atoms with E-state index in [0.717, 1.165) is 84.5 Å². The maximum atomic E-state index is 15.6. The lowest BCUT2D eigenvalue weighted by Crippen LogP contribution is -2.34. The molecule has 6 aromatic heterocycles. The van der Waals surface area contributed by atoms with Crippen LogP contribution in [0.15, 0.2) is 169 Å². The van der Waals surface area contributed by atoms with E-state index in [0.29, 0.717) is 121 Å². The Hall–Kier alpha value is -9.30. The molecule has 0 atom stereocenters. The van der Waals surface area contributed by atoms with Gasteiger partial charge in [-0.2, -0.15) is 0 Å². The highest BCUT2D eigenvalue weighted by atomic mass is 32.1. The minimum Gasteiger partial charge on any atom is -0.259 e. The first-order chi connectivity index (χ1) is 51.2. The van der Waals surface area contributed by atoms with Gasteiger partial charge in [-0.3, -0.25) is 59.9 Å². The topological polar surface area (TPSA) is 148 Å². The Morgan fingerprint density at radius 1 is 0.238 bits per heavy atom. The number of hydrogen-bond acceptors (Lipinski definition) is 18. The summed E-state index contributed by atoms with van der Waals surface area (Å²) in [6, 6.07) is 33.3. The third-order valence-corrected chi connectivity index (χ3v) is 26.9. The zero-order chi connectivity index (χ0) is 72.3. The largest absolute Gasteiger partial charge is 0.259 e. The van der Waals surface area contributed by atoms with Gasteiger partial charge < -0.3 is 0 Å². The quantitative estimate of drug-likeness (QED) is 0.0753. The van der Waals surface area contributed by atoms with Gasteiger partial charge in [0.25, 0.3) is 0 Å². The molecule has 0 N–H and O–H groups in total. The molecule has 0 bridgehead atoms. The van der Waals surface area contributed by atoms with Crippen LogP contribution in [0.2, 0.25) is 0 Å². The molecule has 18 rings (SSSR count). The molecular weight excluding hydrogens is 1450 g/mol. The van der Waals surface area contributed by atoms with Gasteiger partial charge in [0.2, 0.25) is 0 Å². The molecule has 24 heteroatoms. The number of aryl methyl sites for hydroxylation is 6. The van der Waals surface area contributed by atoms with Gasteiger partial charge in [-0.1, -0.05) is 41.5 Å². The summed E-state index contributed by atoms with van der Waals surface area (Å²) in [6.07, 6.45) is 6.03. The van der Waals surface area contributed by atoms with Crippen LogP contribution in [0.4, 0.5) is 26.3 Å². The van der Waals surface area contributed by atoms with E-state index in [2.05, 4.69) is 120 Å². The van der Waals surface area contributed by atoms with Crippen molar-refractivity contribution in [1.29, 1.82) is 0 Å². The Labute approximate surface area is 622 Å². The molecule has 0 radical (unpaired) electrons. The van der Waals surface area contributed by atoms with Gasteiger partial charge in [-0.15, -0.1) is 68.0 Å². The Kier molecular flexibility index (Phi) is 19.7. The monoisotopic (exact) mass is 1510 g/mol. The van der Waals surface area contributed by atoms with Crippen molar-refractivity contribution in [2.45, 2.75) is 99.3 Å². The molecule has 12 aromatic rings. The molecule has 6 aliphatic rings. The fraction of sp³-hybridized carbons (Fsp3) is 0.259. The highest BCUT2D eigenvalue weighted by Crippen LogP contribution is 2.35. The normalized spacial score (nSPS) is 13.6. The summed E-state index contributed by atoms with van der Waals surface area (Å²) in [4.78, 5) is 67.1.